The molecule has 1 unspecified atom stereocenters. The zero-order chi connectivity index (χ0) is 14.6. The number of nitrogens with two attached hydrogens (primary N) is 1. The second-order valence-electron chi connectivity index (χ2n) is 5.91. The van der Waals surface area contributed by atoms with Crippen molar-refractivity contribution in [2.24, 2.45) is 11.1 Å². The Hall–Kier alpha value is -0.580. The summed E-state index contributed by atoms with van der Waals surface area (Å²) in [6, 6.07) is 5.79. The van der Waals surface area contributed by atoms with Gasteiger partial charge in [-0.15, -0.1) is 0 Å². The number of hydrogen-bond acceptors (Lipinski definition) is 3. The van der Waals surface area contributed by atoms with E-state index in [1.54, 1.807) is 6.07 Å². The molecule has 0 amide bonds. The molecule has 0 aromatic heterocycles. The zero-order valence-electron chi connectivity index (χ0n) is 12.3. The first-order valence-electron chi connectivity index (χ1n) is 6.69. The third-order valence-corrected chi connectivity index (χ3v) is 3.99. The molecule has 3 N–H and O–H groups in total. The van der Waals surface area contributed by atoms with Crippen molar-refractivity contribution < 1.29 is 5.11 Å². The lowest BCUT2D eigenvalue weighted by atomic mass is 9.91. The van der Waals surface area contributed by atoms with Crippen molar-refractivity contribution in [3.63, 3.8) is 0 Å². The summed E-state index contributed by atoms with van der Waals surface area (Å²) in [6.45, 7) is 8.01. The average Bonchev–Trinajstić information content (AvgIpc) is 2.34. The van der Waals surface area contributed by atoms with E-state index in [-0.39, 0.29) is 11.5 Å². The summed E-state index contributed by atoms with van der Waals surface area (Å²) < 4.78 is 0.991. The van der Waals surface area contributed by atoms with Crippen molar-refractivity contribution in [3.8, 4) is 5.75 Å². The van der Waals surface area contributed by atoms with Gasteiger partial charge in [-0.2, -0.15) is 0 Å². The fourth-order valence-corrected chi connectivity index (χ4v) is 2.79. The first kappa shape index (κ1) is 16.5. The highest BCUT2D eigenvalue weighted by molar-refractivity contribution is 9.10. The minimum atomic E-state index is 0.0732. The first-order valence-corrected chi connectivity index (χ1v) is 7.48. The van der Waals surface area contributed by atoms with Gasteiger partial charge < -0.3 is 10.8 Å². The molecule has 1 aromatic rings. The highest BCUT2D eigenvalue weighted by Crippen LogP contribution is 2.33. The maximum atomic E-state index is 10.1. The molecule has 0 spiro atoms. The van der Waals surface area contributed by atoms with Crippen molar-refractivity contribution in [2.45, 2.75) is 33.2 Å². The van der Waals surface area contributed by atoms with E-state index >= 15 is 0 Å². The molecule has 0 heterocycles. The zero-order valence-corrected chi connectivity index (χ0v) is 13.9. The number of aromatic hydroxyl groups is 1. The van der Waals surface area contributed by atoms with E-state index in [1.807, 2.05) is 12.1 Å². The molecule has 0 radical (unpaired) electrons. The minimum absolute atomic E-state index is 0.0732. The van der Waals surface area contributed by atoms with Crippen molar-refractivity contribution in [3.05, 3.63) is 28.2 Å². The number of halogens is 1. The van der Waals surface area contributed by atoms with Crippen molar-refractivity contribution >= 4 is 15.9 Å². The summed E-state index contributed by atoms with van der Waals surface area (Å²) in [5.41, 5.74) is 6.84. The Morgan fingerprint density at radius 3 is 2.58 bits per heavy atom. The number of benzene rings is 1. The van der Waals surface area contributed by atoms with Gasteiger partial charge in [0.1, 0.15) is 5.75 Å². The van der Waals surface area contributed by atoms with Crippen LogP contribution in [0.15, 0.2) is 22.7 Å². The lowest BCUT2D eigenvalue weighted by Gasteiger charge is -2.34. The molecular formula is C15H25BrN2O. The monoisotopic (exact) mass is 328 g/mol. The molecule has 108 valence electrons. The third-order valence-electron chi connectivity index (χ3n) is 3.50. The van der Waals surface area contributed by atoms with Gasteiger partial charge in [-0.05, 0) is 43.6 Å². The van der Waals surface area contributed by atoms with E-state index in [0.29, 0.717) is 12.3 Å². The summed E-state index contributed by atoms with van der Waals surface area (Å²) in [6.07, 6.45) is 0.946. The quantitative estimate of drug-likeness (QED) is 0.839. The molecule has 0 aliphatic carbocycles. The molecule has 3 nitrogen and oxygen atoms in total. The molecular weight excluding hydrogens is 304 g/mol. The van der Waals surface area contributed by atoms with Gasteiger partial charge in [-0.3, -0.25) is 4.90 Å². The normalized spacial score (nSPS) is 13.8. The fourth-order valence-electron chi connectivity index (χ4n) is 2.41. The number of nitrogens with zero attached hydrogens (tertiary/aromatic N) is 1. The Morgan fingerprint density at radius 1 is 1.42 bits per heavy atom. The number of phenolic OH excluding ortho intramolecular Hbond substituents is 1. The van der Waals surface area contributed by atoms with Crippen molar-refractivity contribution in [1.82, 2.24) is 4.90 Å². The maximum absolute atomic E-state index is 10.1. The topological polar surface area (TPSA) is 49.5 Å². The predicted molar refractivity (Wildman–Crippen MR) is 84.3 cm³/mol. The standard InChI is InChI=1S/C15H25BrN2O/c1-5-13(18(4)10-15(2,3)9-17)12-8-11(16)6-7-14(12)19/h6-8,13,19H,5,9-10,17H2,1-4H3. The summed E-state index contributed by atoms with van der Waals surface area (Å²) in [5, 5.41) is 10.1. The van der Waals surface area contributed by atoms with Crippen LogP contribution in [0.5, 0.6) is 5.75 Å². The maximum Gasteiger partial charge on any atom is 0.120 e. The van der Waals surface area contributed by atoms with Crippen LogP contribution in [0.25, 0.3) is 0 Å². The fraction of sp³-hybridized carbons (Fsp3) is 0.600. The minimum Gasteiger partial charge on any atom is -0.508 e. The van der Waals surface area contributed by atoms with Gasteiger partial charge in [0.2, 0.25) is 0 Å². The highest BCUT2D eigenvalue weighted by atomic mass is 79.9. The SMILES string of the molecule is CCC(c1cc(Br)ccc1O)N(C)CC(C)(C)CN. The van der Waals surface area contributed by atoms with Crippen LogP contribution in [-0.2, 0) is 0 Å². The highest BCUT2D eigenvalue weighted by Gasteiger charge is 2.24. The Kier molecular flexibility index (Phi) is 5.83. The van der Waals surface area contributed by atoms with E-state index in [2.05, 4.69) is 48.6 Å². The number of phenols is 1. The van der Waals surface area contributed by atoms with E-state index in [4.69, 9.17) is 5.73 Å². The van der Waals surface area contributed by atoms with Gasteiger partial charge in [0.25, 0.3) is 0 Å². The van der Waals surface area contributed by atoms with Gasteiger partial charge in [0, 0.05) is 22.6 Å². The van der Waals surface area contributed by atoms with Crippen LogP contribution in [0.4, 0.5) is 0 Å². The second-order valence-corrected chi connectivity index (χ2v) is 6.83. The molecule has 0 saturated heterocycles. The van der Waals surface area contributed by atoms with Crippen molar-refractivity contribution in [1.29, 1.82) is 0 Å². The third kappa shape index (κ3) is 4.48. The number of hydrogen-bond donors (Lipinski definition) is 2. The first-order chi connectivity index (χ1) is 8.80. The number of rotatable bonds is 6. The average molecular weight is 329 g/mol. The van der Waals surface area contributed by atoms with Crippen LogP contribution < -0.4 is 5.73 Å². The predicted octanol–water partition coefficient (Wildman–Crippen LogP) is 3.52. The van der Waals surface area contributed by atoms with Gasteiger partial charge in [0.15, 0.2) is 0 Å². The Bertz CT molecular complexity index is 421. The van der Waals surface area contributed by atoms with Crippen LogP contribution in [-0.4, -0.2) is 30.1 Å². The molecule has 0 aliphatic heterocycles. The molecule has 4 heteroatoms. The van der Waals surface area contributed by atoms with Gasteiger partial charge in [-0.25, -0.2) is 0 Å². The van der Waals surface area contributed by atoms with Crippen LogP contribution in [0.2, 0.25) is 0 Å². The molecule has 0 aliphatic rings. The van der Waals surface area contributed by atoms with Gasteiger partial charge in [0.05, 0.1) is 0 Å². The van der Waals surface area contributed by atoms with Crippen LogP contribution >= 0.6 is 15.9 Å². The Labute approximate surface area is 124 Å². The van der Waals surface area contributed by atoms with Gasteiger partial charge in [-0.1, -0.05) is 36.7 Å². The van der Waals surface area contributed by atoms with Gasteiger partial charge >= 0.3 is 0 Å². The molecule has 0 bridgehead atoms. The molecule has 19 heavy (non-hydrogen) atoms. The van der Waals surface area contributed by atoms with E-state index in [9.17, 15) is 5.11 Å². The largest absolute Gasteiger partial charge is 0.508 e. The van der Waals surface area contributed by atoms with E-state index < -0.39 is 0 Å². The Morgan fingerprint density at radius 2 is 2.05 bits per heavy atom. The summed E-state index contributed by atoms with van der Waals surface area (Å²) in [4.78, 5) is 2.27. The summed E-state index contributed by atoms with van der Waals surface area (Å²) in [7, 11) is 2.09. The lowest BCUT2D eigenvalue weighted by molar-refractivity contribution is 0.159. The Balaban J connectivity index is 2.96. The lowest BCUT2D eigenvalue weighted by Crippen LogP contribution is -2.38. The molecule has 1 atom stereocenters. The second kappa shape index (κ2) is 6.73. The molecule has 0 fully saturated rings. The van der Waals surface area contributed by atoms with Crippen LogP contribution in [0.1, 0.15) is 38.8 Å². The van der Waals surface area contributed by atoms with Crippen molar-refractivity contribution in [2.75, 3.05) is 20.1 Å². The molecule has 0 saturated carbocycles. The summed E-state index contributed by atoms with van der Waals surface area (Å²) in [5.74, 6) is 0.354. The van der Waals surface area contributed by atoms with E-state index in [1.165, 1.54) is 0 Å². The summed E-state index contributed by atoms with van der Waals surface area (Å²) >= 11 is 3.47. The molecule has 1 rings (SSSR count). The van der Waals surface area contributed by atoms with Crippen LogP contribution in [0, 0.1) is 5.41 Å². The van der Waals surface area contributed by atoms with Crippen LogP contribution in [0.3, 0.4) is 0 Å². The smallest absolute Gasteiger partial charge is 0.120 e. The molecule has 1 aromatic carbocycles. The van der Waals surface area contributed by atoms with E-state index in [0.717, 1.165) is 23.0 Å².